The van der Waals surface area contributed by atoms with E-state index in [1.807, 2.05) is 11.8 Å². The van der Waals surface area contributed by atoms with Gasteiger partial charge >= 0.3 is 0 Å². The number of amides is 1. The molecule has 1 amide bonds. The number of hydrogen-bond acceptors (Lipinski definition) is 5. The largest absolute Gasteiger partial charge is 0.354 e. The Bertz CT molecular complexity index is 1110. The van der Waals surface area contributed by atoms with E-state index >= 15 is 0 Å². The van der Waals surface area contributed by atoms with Crippen LogP contribution < -0.4 is 4.90 Å². The van der Waals surface area contributed by atoms with Gasteiger partial charge in [-0.2, -0.15) is 5.10 Å². The maximum atomic E-state index is 13.5. The number of unbranched alkanes of at least 4 members (excludes halogenated alkanes) is 1. The van der Waals surface area contributed by atoms with E-state index in [9.17, 15) is 9.18 Å². The highest BCUT2D eigenvalue weighted by molar-refractivity contribution is 5.91. The van der Waals surface area contributed by atoms with Gasteiger partial charge in [0.05, 0.1) is 16.8 Å². The Morgan fingerprint density at radius 2 is 1.82 bits per heavy atom. The topological polar surface area (TPSA) is 67.2 Å². The highest BCUT2D eigenvalue weighted by Crippen LogP contribution is 2.30. The van der Waals surface area contributed by atoms with Gasteiger partial charge in [-0.1, -0.05) is 20.3 Å². The summed E-state index contributed by atoms with van der Waals surface area (Å²) in [5.74, 6) is 1.63. The third-order valence-corrected chi connectivity index (χ3v) is 6.17. The zero-order valence-electron chi connectivity index (χ0n) is 19.8. The Hall–Kier alpha value is -3.03. The van der Waals surface area contributed by atoms with Gasteiger partial charge in [-0.15, -0.1) is 0 Å². The van der Waals surface area contributed by atoms with E-state index in [1.165, 1.54) is 12.1 Å². The SMILES string of the molecule is CCCCC(=O)N1CCCN(c2nc(CCC)nc3c2c(C)nn3-c2ccc(F)cc2)CC1. The first-order chi connectivity index (χ1) is 16.0. The van der Waals surface area contributed by atoms with Crippen LogP contribution in [0.3, 0.4) is 0 Å². The second-order valence-electron chi connectivity index (χ2n) is 8.71. The van der Waals surface area contributed by atoms with Gasteiger partial charge in [0.1, 0.15) is 17.5 Å². The second-order valence-corrected chi connectivity index (χ2v) is 8.71. The number of halogens is 1. The predicted octanol–water partition coefficient (Wildman–Crippen LogP) is 4.44. The molecule has 0 saturated carbocycles. The molecule has 176 valence electrons. The van der Waals surface area contributed by atoms with Crippen molar-refractivity contribution in [2.45, 2.75) is 59.3 Å². The van der Waals surface area contributed by atoms with Crippen molar-refractivity contribution in [2.75, 3.05) is 31.1 Å². The molecule has 3 heterocycles. The molecule has 1 fully saturated rings. The van der Waals surface area contributed by atoms with Crippen LogP contribution in [-0.4, -0.2) is 56.7 Å². The van der Waals surface area contributed by atoms with E-state index in [4.69, 9.17) is 15.1 Å². The quantitative estimate of drug-likeness (QED) is 0.530. The molecule has 0 aliphatic carbocycles. The van der Waals surface area contributed by atoms with Crippen LogP contribution in [0.1, 0.15) is 57.5 Å². The fourth-order valence-electron chi connectivity index (χ4n) is 4.40. The molecule has 3 aromatic rings. The van der Waals surface area contributed by atoms with Crippen molar-refractivity contribution < 1.29 is 9.18 Å². The van der Waals surface area contributed by atoms with E-state index < -0.39 is 0 Å². The van der Waals surface area contributed by atoms with Gasteiger partial charge in [-0.05, 0) is 50.5 Å². The van der Waals surface area contributed by atoms with Crippen molar-refractivity contribution >= 4 is 22.8 Å². The number of benzene rings is 1. The standard InChI is InChI=1S/C25H33FN6O/c1-4-6-9-22(33)30-14-7-15-31(17-16-30)24-23-18(3)29-32(20-12-10-19(26)11-13-20)25(23)28-21(27-24)8-5-2/h10-13H,4-9,14-17H2,1-3H3. The van der Waals surface area contributed by atoms with Gasteiger partial charge in [0, 0.05) is 39.0 Å². The summed E-state index contributed by atoms with van der Waals surface area (Å²) in [4.78, 5) is 26.7. The number of carbonyl (C=O) groups is 1. The van der Waals surface area contributed by atoms with Crippen molar-refractivity contribution in [1.82, 2.24) is 24.6 Å². The number of rotatable bonds is 7. The fraction of sp³-hybridized carbons (Fsp3) is 0.520. The first kappa shape index (κ1) is 23.1. The van der Waals surface area contributed by atoms with Crippen LogP contribution in [0.25, 0.3) is 16.7 Å². The van der Waals surface area contributed by atoms with E-state index in [2.05, 4.69) is 18.7 Å². The smallest absolute Gasteiger partial charge is 0.222 e. The Balaban J connectivity index is 1.71. The van der Waals surface area contributed by atoms with Gasteiger partial charge in [0.15, 0.2) is 5.65 Å². The summed E-state index contributed by atoms with van der Waals surface area (Å²) in [6, 6.07) is 6.31. The Kier molecular flexibility index (Phi) is 7.20. The van der Waals surface area contributed by atoms with Gasteiger partial charge < -0.3 is 9.80 Å². The molecule has 33 heavy (non-hydrogen) atoms. The van der Waals surface area contributed by atoms with Crippen LogP contribution >= 0.6 is 0 Å². The third-order valence-electron chi connectivity index (χ3n) is 6.17. The molecule has 0 spiro atoms. The summed E-state index contributed by atoms with van der Waals surface area (Å²) in [6.07, 6.45) is 5.20. The summed E-state index contributed by atoms with van der Waals surface area (Å²) >= 11 is 0. The van der Waals surface area contributed by atoms with E-state index in [0.29, 0.717) is 13.0 Å². The molecular weight excluding hydrogens is 419 g/mol. The highest BCUT2D eigenvalue weighted by Gasteiger charge is 2.24. The third kappa shape index (κ3) is 4.99. The normalized spacial score (nSPS) is 14.7. The van der Waals surface area contributed by atoms with Crippen molar-refractivity contribution in [3.63, 3.8) is 0 Å². The van der Waals surface area contributed by atoms with Crippen molar-refractivity contribution in [1.29, 1.82) is 0 Å². The van der Waals surface area contributed by atoms with Crippen LogP contribution in [0.5, 0.6) is 0 Å². The number of aromatic nitrogens is 4. The fourth-order valence-corrected chi connectivity index (χ4v) is 4.40. The van der Waals surface area contributed by atoms with Gasteiger partial charge in [0.2, 0.25) is 5.91 Å². The predicted molar refractivity (Wildman–Crippen MR) is 128 cm³/mol. The zero-order valence-corrected chi connectivity index (χ0v) is 19.8. The molecule has 0 bridgehead atoms. The van der Waals surface area contributed by atoms with Crippen LogP contribution in [0.2, 0.25) is 0 Å². The van der Waals surface area contributed by atoms with Gasteiger partial charge in [-0.3, -0.25) is 4.79 Å². The summed E-state index contributed by atoms with van der Waals surface area (Å²) in [5.41, 5.74) is 2.35. The number of nitrogens with zero attached hydrogens (tertiary/aromatic N) is 6. The minimum Gasteiger partial charge on any atom is -0.354 e. The number of anilines is 1. The van der Waals surface area contributed by atoms with Crippen LogP contribution in [0.4, 0.5) is 10.2 Å². The van der Waals surface area contributed by atoms with Crippen LogP contribution in [0.15, 0.2) is 24.3 Å². The summed E-state index contributed by atoms with van der Waals surface area (Å²) in [6.45, 7) is 9.23. The van der Waals surface area contributed by atoms with E-state index in [-0.39, 0.29) is 11.7 Å². The molecule has 1 aliphatic heterocycles. The summed E-state index contributed by atoms with van der Waals surface area (Å²) in [5, 5.41) is 5.67. The molecule has 1 aliphatic rings. The average molecular weight is 453 g/mol. The first-order valence-corrected chi connectivity index (χ1v) is 12.1. The molecule has 0 radical (unpaired) electrons. The number of aryl methyl sites for hydroxylation is 2. The second kappa shape index (κ2) is 10.3. The monoisotopic (exact) mass is 452 g/mol. The van der Waals surface area contributed by atoms with Crippen LogP contribution in [-0.2, 0) is 11.2 Å². The molecule has 1 aromatic carbocycles. The Morgan fingerprint density at radius 3 is 2.55 bits per heavy atom. The molecule has 4 rings (SSSR count). The van der Waals surface area contributed by atoms with Crippen molar-refractivity contribution in [3.05, 3.63) is 41.6 Å². The average Bonchev–Trinajstić information content (AvgIpc) is 2.98. The lowest BCUT2D eigenvalue weighted by Gasteiger charge is -2.24. The highest BCUT2D eigenvalue weighted by atomic mass is 19.1. The maximum absolute atomic E-state index is 13.5. The maximum Gasteiger partial charge on any atom is 0.222 e. The van der Waals surface area contributed by atoms with Crippen molar-refractivity contribution in [2.24, 2.45) is 0 Å². The Morgan fingerprint density at radius 1 is 1.03 bits per heavy atom. The lowest BCUT2D eigenvalue weighted by molar-refractivity contribution is -0.131. The molecule has 7 nitrogen and oxygen atoms in total. The lowest BCUT2D eigenvalue weighted by atomic mass is 10.2. The van der Waals surface area contributed by atoms with Crippen molar-refractivity contribution in [3.8, 4) is 5.69 Å². The molecule has 0 N–H and O–H groups in total. The number of hydrogen-bond donors (Lipinski definition) is 0. The zero-order chi connectivity index (χ0) is 23.4. The Labute approximate surface area is 194 Å². The minimum atomic E-state index is -0.281. The number of fused-ring (bicyclic) bond motifs is 1. The van der Waals surface area contributed by atoms with Gasteiger partial charge in [-0.25, -0.2) is 19.0 Å². The first-order valence-electron chi connectivity index (χ1n) is 12.1. The van der Waals surface area contributed by atoms with E-state index in [1.54, 1.807) is 16.8 Å². The molecule has 0 atom stereocenters. The molecule has 1 saturated heterocycles. The van der Waals surface area contributed by atoms with Crippen LogP contribution in [0, 0.1) is 12.7 Å². The minimum absolute atomic E-state index is 0.249. The number of carbonyl (C=O) groups excluding carboxylic acids is 1. The summed E-state index contributed by atoms with van der Waals surface area (Å²) < 4.78 is 15.3. The molecular formula is C25H33FN6O. The summed E-state index contributed by atoms with van der Waals surface area (Å²) in [7, 11) is 0. The molecule has 0 unspecified atom stereocenters. The molecule has 8 heteroatoms. The van der Waals surface area contributed by atoms with E-state index in [0.717, 1.165) is 85.8 Å². The van der Waals surface area contributed by atoms with Gasteiger partial charge in [0.25, 0.3) is 0 Å². The molecule has 2 aromatic heterocycles. The lowest BCUT2D eigenvalue weighted by Crippen LogP contribution is -2.35.